The van der Waals surface area contributed by atoms with Crippen LogP contribution >= 0.6 is 0 Å². The molecule has 3 aromatic rings. The number of imidazole rings is 1. The number of hydrogen-bond acceptors (Lipinski definition) is 3. The molecule has 4 heteroatoms. The molecular weight excluding hydrogens is 286 g/mol. The Kier molecular flexibility index (Phi) is 4.35. The number of nitrogens with zero attached hydrogens (tertiary/aromatic N) is 2. The number of aromatic nitrogens is 2. The quantitative estimate of drug-likeness (QED) is 0.781. The highest BCUT2D eigenvalue weighted by Gasteiger charge is 2.16. The molecule has 0 saturated heterocycles. The maximum absolute atomic E-state index is 5.91. The van der Waals surface area contributed by atoms with Crippen molar-refractivity contribution in [3.63, 3.8) is 0 Å². The third kappa shape index (κ3) is 3.08. The van der Waals surface area contributed by atoms with Gasteiger partial charge in [0.2, 0.25) is 0 Å². The third-order valence-corrected chi connectivity index (χ3v) is 4.27. The molecule has 2 N–H and O–H groups in total. The van der Waals surface area contributed by atoms with Gasteiger partial charge in [0.1, 0.15) is 18.2 Å². The lowest BCUT2D eigenvalue weighted by molar-refractivity contribution is 0.286. The van der Waals surface area contributed by atoms with Gasteiger partial charge < -0.3 is 15.0 Å². The molecule has 3 rings (SSSR count). The average molecular weight is 309 g/mol. The van der Waals surface area contributed by atoms with E-state index in [0.29, 0.717) is 13.2 Å². The highest BCUT2D eigenvalue weighted by Crippen LogP contribution is 2.25. The third-order valence-electron chi connectivity index (χ3n) is 4.27. The zero-order valence-electron chi connectivity index (χ0n) is 13.9. The first kappa shape index (κ1) is 15.6. The van der Waals surface area contributed by atoms with Crippen molar-refractivity contribution in [1.82, 2.24) is 9.55 Å². The van der Waals surface area contributed by atoms with E-state index in [-0.39, 0.29) is 6.04 Å². The van der Waals surface area contributed by atoms with E-state index in [1.165, 1.54) is 11.1 Å². The predicted molar refractivity (Wildman–Crippen MR) is 93.7 cm³/mol. The van der Waals surface area contributed by atoms with Gasteiger partial charge in [0.25, 0.3) is 0 Å². The Morgan fingerprint density at radius 3 is 2.52 bits per heavy atom. The molecule has 0 spiro atoms. The number of para-hydroxylation sites is 1. The van der Waals surface area contributed by atoms with E-state index in [0.717, 1.165) is 22.6 Å². The Balaban J connectivity index is 2.01. The molecule has 1 heterocycles. The normalized spacial score (nSPS) is 12.5. The molecule has 23 heavy (non-hydrogen) atoms. The minimum Gasteiger partial charge on any atom is -0.486 e. The van der Waals surface area contributed by atoms with Crippen LogP contribution in [0, 0.1) is 13.8 Å². The van der Waals surface area contributed by atoms with Crippen molar-refractivity contribution < 1.29 is 4.74 Å². The molecule has 0 aliphatic rings. The molecule has 0 aliphatic heterocycles. The van der Waals surface area contributed by atoms with Crippen LogP contribution in [-0.4, -0.2) is 16.1 Å². The van der Waals surface area contributed by atoms with Gasteiger partial charge in [-0.25, -0.2) is 4.98 Å². The number of rotatable bonds is 5. The lowest BCUT2D eigenvalue weighted by atomic mass is 10.1. The molecule has 4 nitrogen and oxygen atoms in total. The molecule has 0 saturated carbocycles. The number of fused-ring (bicyclic) bond motifs is 1. The van der Waals surface area contributed by atoms with Crippen LogP contribution in [-0.2, 0) is 6.61 Å². The van der Waals surface area contributed by atoms with Crippen LogP contribution in [0.3, 0.4) is 0 Å². The van der Waals surface area contributed by atoms with Gasteiger partial charge in [0.05, 0.1) is 11.0 Å². The molecular formula is C19H23N3O. The van der Waals surface area contributed by atoms with Crippen LogP contribution in [0.2, 0.25) is 0 Å². The van der Waals surface area contributed by atoms with Crippen molar-refractivity contribution in [2.75, 3.05) is 6.54 Å². The highest BCUT2D eigenvalue weighted by molar-refractivity contribution is 5.78. The van der Waals surface area contributed by atoms with Crippen LogP contribution in [0.5, 0.6) is 5.75 Å². The predicted octanol–water partition coefficient (Wildman–Crippen LogP) is 3.75. The van der Waals surface area contributed by atoms with E-state index in [1.807, 2.05) is 30.3 Å². The summed E-state index contributed by atoms with van der Waals surface area (Å²) in [4.78, 5) is 4.78. The smallest absolute Gasteiger partial charge is 0.148 e. The molecule has 0 radical (unpaired) electrons. The minimum absolute atomic E-state index is 0.177. The molecule has 0 aliphatic carbocycles. The van der Waals surface area contributed by atoms with E-state index in [4.69, 9.17) is 15.5 Å². The molecule has 1 aromatic heterocycles. The van der Waals surface area contributed by atoms with Gasteiger partial charge in [-0.1, -0.05) is 18.2 Å². The summed E-state index contributed by atoms with van der Waals surface area (Å²) in [5, 5.41) is 0. The number of ether oxygens (including phenoxy) is 1. The first-order chi connectivity index (χ1) is 11.1. The van der Waals surface area contributed by atoms with Crippen LogP contribution in [0.4, 0.5) is 0 Å². The van der Waals surface area contributed by atoms with Crippen molar-refractivity contribution in [1.29, 1.82) is 0 Å². The zero-order valence-corrected chi connectivity index (χ0v) is 13.9. The summed E-state index contributed by atoms with van der Waals surface area (Å²) in [6.07, 6.45) is 0. The lowest BCUT2D eigenvalue weighted by Crippen LogP contribution is -2.19. The lowest BCUT2D eigenvalue weighted by Gasteiger charge is -2.16. The monoisotopic (exact) mass is 309 g/mol. The van der Waals surface area contributed by atoms with Crippen LogP contribution in [0.25, 0.3) is 11.0 Å². The summed E-state index contributed by atoms with van der Waals surface area (Å²) < 4.78 is 8.09. The molecule has 0 bridgehead atoms. The molecule has 120 valence electrons. The molecule has 2 aromatic carbocycles. The summed E-state index contributed by atoms with van der Waals surface area (Å²) in [5.41, 5.74) is 10.5. The van der Waals surface area contributed by atoms with E-state index in [1.54, 1.807) is 0 Å². The Morgan fingerprint density at radius 1 is 1.13 bits per heavy atom. The van der Waals surface area contributed by atoms with E-state index < -0.39 is 0 Å². The van der Waals surface area contributed by atoms with Gasteiger partial charge in [-0.05, 0) is 56.2 Å². The number of benzene rings is 2. The maximum atomic E-state index is 5.91. The molecule has 0 fully saturated rings. The second kappa shape index (κ2) is 6.42. The number of hydrogen-bond donors (Lipinski definition) is 1. The SMILES string of the molecule is Cc1cc2nc(COc3ccccc3)n(C(C)CN)c2cc1C. The van der Waals surface area contributed by atoms with E-state index in [2.05, 4.69) is 37.5 Å². The maximum Gasteiger partial charge on any atom is 0.148 e. The van der Waals surface area contributed by atoms with Gasteiger partial charge in [-0.15, -0.1) is 0 Å². The summed E-state index contributed by atoms with van der Waals surface area (Å²) in [7, 11) is 0. The second-order valence-electron chi connectivity index (χ2n) is 6.01. The van der Waals surface area contributed by atoms with Gasteiger partial charge in [0.15, 0.2) is 0 Å². The van der Waals surface area contributed by atoms with Crippen molar-refractivity contribution in [3.8, 4) is 5.75 Å². The van der Waals surface area contributed by atoms with Crippen LogP contribution < -0.4 is 10.5 Å². The standard InChI is InChI=1S/C19H23N3O/c1-13-9-17-18(10-14(13)2)22(15(3)11-20)19(21-17)12-23-16-7-5-4-6-8-16/h4-10,15H,11-12,20H2,1-3H3. The van der Waals surface area contributed by atoms with Crippen molar-refractivity contribution >= 4 is 11.0 Å². The van der Waals surface area contributed by atoms with E-state index >= 15 is 0 Å². The fourth-order valence-electron chi connectivity index (χ4n) is 2.76. The van der Waals surface area contributed by atoms with Gasteiger partial charge in [-0.2, -0.15) is 0 Å². The summed E-state index contributed by atoms with van der Waals surface area (Å²) >= 11 is 0. The minimum atomic E-state index is 0.177. The Labute approximate surface area is 136 Å². The average Bonchev–Trinajstić information content (AvgIpc) is 2.91. The van der Waals surface area contributed by atoms with Crippen molar-refractivity contribution in [2.45, 2.75) is 33.4 Å². The Morgan fingerprint density at radius 2 is 1.83 bits per heavy atom. The van der Waals surface area contributed by atoms with Gasteiger partial charge in [0, 0.05) is 12.6 Å². The fourth-order valence-corrected chi connectivity index (χ4v) is 2.76. The first-order valence-electron chi connectivity index (χ1n) is 7.96. The summed E-state index contributed by atoms with van der Waals surface area (Å²) in [5.74, 6) is 1.76. The van der Waals surface area contributed by atoms with E-state index in [9.17, 15) is 0 Å². The fraction of sp³-hybridized carbons (Fsp3) is 0.316. The van der Waals surface area contributed by atoms with Gasteiger partial charge >= 0.3 is 0 Å². The number of nitrogens with two attached hydrogens (primary N) is 1. The summed E-state index contributed by atoms with van der Waals surface area (Å²) in [6.45, 7) is 7.35. The topological polar surface area (TPSA) is 53.1 Å². The van der Waals surface area contributed by atoms with Crippen LogP contribution in [0.1, 0.15) is 29.9 Å². The second-order valence-corrected chi connectivity index (χ2v) is 6.01. The molecule has 1 atom stereocenters. The van der Waals surface area contributed by atoms with Crippen LogP contribution in [0.15, 0.2) is 42.5 Å². The summed E-state index contributed by atoms with van der Waals surface area (Å²) in [6, 6.07) is 14.3. The number of aryl methyl sites for hydroxylation is 2. The van der Waals surface area contributed by atoms with Crippen molar-refractivity contribution in [2.24, 2.45) is 5.73 Å². The zero-order chi connectivity index (χ0) is 16.4. The van der Waals surface area contributed by atoms with Crippen molar-refractivity contribution in [3.05, 3.63) is 59.4 Å². The first-order valence-corrected chi connectivity index (χ1v) is 7.96. The molecule has 0 amide bonds. The Hall–Kier alpha value is -2.33. The largest absolute Gasteiger partial charge is 0.486 e. The van der Waals surface area contributed by atoms with Gasteiger partial charge in [-0.3, -0.25) is 0 Å². The molecule has 1 unspecified atom stereocenters. The Bertz CT molecular complexity index is 808. The highest BCUT2D eigenvalue weighted by atomic mass is 16.5.